The number of benzene rings is 7. The number of fused-ring (bicyclic) bond motifs is 3. The number of aromatic nitrogens is 1. The van der Waals surface area contributed by atoms with E-state index in [0.717, 1.165) is 43.8 Å². The molecule has 0 bridgehead atoms. The summed E-state index contributed by atoms with van der Waals surface area (Å²) in [6.45, 7) is 8.39. The Labute approximate surface area is 281 Å². The molecule has 8 aromatic rings. The summed E-state index contributed by atoms with van der Waals surface area (Å²) in [5.41, 5.74) is 5.95. The van der Waals surface area contributed by atoms with Crippen molar-refractivity contribution >= 4 is 56.3 Å². The summed E-state index contributed by atoms with van der Waals surface area (Å²) >= 11 is 0. The zero-order chi connectivity index (χ0) is 32.5. The van der Waals surface area contributed by atoms with Crippen molar-refractivity contribution in [3.63, 3.8) is 0 Å². The number of hydrogen-bond acceptors (Lipinski definition) is 1. The Kier molecular flexibility index (Phi) is 7.27. The molecule has 0 N–H and O–H groups in total. The largest absolute Gasteiger partial charge is 0.318 e. The molecule has 0 unspecified atom stereocenters. The molecule has 0 aliphatic carbocycles. The number of hydrogen-bond donors (Lipinski definition) is 0. The lowest BCUT2D eigenvalue weighted by molar-refractivity contribution is 1.19. The minimum absolute atomic E-state index is 0.554. The average molecular weight is 628 g/mol. The van der Waals surface area contributed by atoms with Crippen molar-refractivity contribution in [2.75, 3.05) is 0 Å². The van der Waals surface area contributed by atoms with E-state index < -0.39 is 8.07 Å². The van der Waals surface area contributed by atoms with E-state index in [0.29, 0.717) is 11.3 Å². The average Bonchev–Trinajstić information content (AvgIpc) is 3.50. The summed E-state index contributed by atoms with van der Waals surface area (Å²) in [4.78, 5) is 4.11. The highest BCUT2D eigenvalue weighted by atomic mass is 28.3. The maximum absolute atomic E-state index is 10.9. The van der Waals surface area contributed by atoms with Gasteiger partial charge < -0.3 is 4.57 Å². The molecule has 0 fully saturated rings. The molecule has 8 rings (SSSR count). The summed E-state index contributed by atoms with van der Waals surface area (Å²) < 4.78 is 2.24. The quantitative estimate of drug-likeness (QED) is 0.104. The first-order valence-corrected chi connectivity index (χ1v) is 18.0. The van der Waals surface area contributed by atoms with Crippen molar-refractivity contribution in [2.24, 2.45) is 0 Å². The third-order valence-electron chi connectivity index (χ3n) is 9.41. The van der Waals surface area contributed by atoms with Crippen LogP contribution in [-0.2, 0) is 0 Å². The SMILES string of the molecule is [C-]#[N+]c1cccc(-c2cccc(C#N)c2[Si](c2ccccc2)(c2ccccc2)c2ccccc2)c1-n1c2ccccc2c2ccccc21. The first-order chi connectivity index (χ1) is 23.8. The molecule has 1 aromatic heterocycles. The predicted octanol–water partition coefficient (Wildman–Crippen LogP) is 8.25. The van der Waals surface area contributed by atoms with Gasteiger partial charge >= 0.3 is 0 Å². The lowest BCUT2D eigenvalue weighted by Crippen LogP contribution is -2.75. The van der Waals surface area contributed by atoms with E-state index in [1.165, 1.54) is 15.6 Å². The van der Waals surface area contributed by atoms with Crippen molar-refractivity contribution in [3.8, 4) is 22.9 Å². The van der Waals surface area contributed by atoms with Gasteiger partial charge in [-0.3, -0.25) is 0 Å². The summed E-state index contributed by atoms with van der Waals surface area (Å²) in [5, 5.41) is 17.8. The van der Waals surface area contributed by atoms with Gasteiger partial charge in [0.15, 0.2) is 8.07 Å². The van der Waals surface area contributed by atoms with Gasteiger partial charge in [0.2, 0.25) is 5.69 Å². The molecule has 0 saturated carbocycles. The normalized spacial score (nSPS) is 11.3. The van der Waals surface area contributed by atoms with E-state index in [1.807, 2.05) is 24.3 Å². The minimum Gasteiger partial charge on any atom is -0.318 e. The smallest absolute Gasteiger partial charge is 0.211 e. The van der Waals surface area contributed by atoms with Gasteiger partial charge in [0.25, 0.3) is 0 Å². The van der Waals surface area contributed by atoms with Crippen molar-refractivity contribution < 1.29 is 0 Å². The number of para-hydroxylation sites is 3. The first-order valence-electron chi connectivity index (χ1n) is 16.0. The Bertz CT molecular complexity index is 2370. The molecule has 4 heteroatoms. The van der Waals surface area contributed by atoms with Crippen LogP contribution >= 0.6 is 0 Å². The van der Waals surface area contributed by atoms with Crippen LogP contribution in [-0.4, -0.2) is 12.6 Å². The molecule has 0 aliphatic heterocycles. The summed E-state index contributed by atoms with van der Waals surface area (Å²) in [5.74, 6) is 0. The fraction of sp³-hybridized carbons (Fsp3) is 0. The van der Waals surface area contributed by atoms with Crippen LogP contribution in [0.4, 0.5) is 5.69 Å². The molecule has 3 nitrogen and oxygen atoms in total. The van der Waals surface area contributed by atoms with Crippen LogP contribution in [0.3, 0.4) is 0 Å². The third kappa shape index (κ3) is 4.40. The van der Waals surface area contributed by atoms with Gasteiger partial charge in [-0.05, 0) is 50.1 Å². The van der Waals surface area contributed by atoms with E-state index in [9.17, 15) is 5.26 Å². The Morgan fingerprint density at radius 2 is 0.958 bits per heavy atom. The summed E-state index contributed by atoms with van der Waals surface area (Å²) in [7, 11) is -3.14. The van der Waals surface area contributed by atoms with Gasteiger partial charge in [-0.25, -0.2) is 4.85 Å². The molecule has 1 heterocycles. The van der Waals surface area contributed by atoms with E-state index in [4.69, 9.17) is 6.57 Å². The highest BCUT2D eigenvalue weighted by molar-refractivity contribution is 7.20. The Morgan fingerprint density at radius 1 is 0.500 bits per heavy atom. The number of nitriles is 1. The molecular formula is C44H29N3Si. The first kappa shape index (κ1) is 29.0. The zero-order valence-corrected chi connectivity index (χ0v) is 27.1. The van der Waals surface area contributed by atoms with Crippen LogP contribution in [0.5, 0.6) is 0 Å². The highest BCUT2D eigenvalue weighted by Crippen LogP contribution is 2.41. The van der Waals surface area contributed by atoms with Crippen molar-refractivity contribution in [2.45, 2.75) is 0 Å². The summed E-state index contributed by atoms with van der Waals surface area (Å²) in [6.07, 6.45) is 0. The highest BCUT2D eigenvalue weighted by Gasteiger charge is 2.45. The second-order valence-corrected chi connectivity index (χ2v) is 15.6. The number of nitrogens with zero attached hydrogens (tertiary/aromatic N) is 3. The molecule has 0 saturated heterocycles. The van der Waals surface area contributed by atoms with E-state index in [1.54, 1.807) is 0 Å². The molecule has 0 aliphatic rings. The van der Waals surface area contributed by atoms with Gasteiger partial charge in [-0.2, -0.15) is 5.26 Å². The van der Waals surface area contributed by atoms with Crippen LogP contribution in [0.1, 0.15) is 5.56 Å². The van der Waals surface area contributed by atoms with Gasteiger partial charge in [0, 0.05) is 10.8 Å². The van der Waals surface area contributed by atoms with Gasteiger partial charge in [0.05, 0.1) is 34.9 Å². The molecular weight excluding hydrogens is 599 g/mol. The maximum Gasteiger partial charge on any atom is 0.211 e. The predicted molar refractivity (Wildman–Crippen MR) is 201 cm³/mol. The topological polar surface area (TPSA) is 33.1 Å². The third-order valence-corrected chi connectivity index (χ3v) is 14.3. The Hall–Kier alpha value is -6.46. The fourth-order valence-corrected chi connectivity index (χ4v) is 12.6. The van der Waals surface area contributed by atoms with Gasteiger partial charge in [-0.1, -0.05) is 158 Å². The Morgan fingerprint density at radius 3 is 1.46 bits per heavy atom. The van der Waals surface area contributed by atoms with Gasteiger partial charge in [0.1, 0.15) is 0 Å². The van der Waals surface area contributed by atoms with Crippen LogP contribution < -0.4 is 20.7 Å². The molecule has 0 radical (unpaired) electrons. The standard InChI is InChI=1S/C44H29N3Si/c1-46-40-28-16-26-38(43(40)47-41-29-13-11-24-36(41)37-25-12-14-30-42(37)47)39-27-15-17-32(31-45)44(39)48(33-18-5-2-6-19-33,34-20-7-3-8-21-34)35-22-9-4-10-23-35/h2-30H. The number of rotatable bonds is 6. The maximum atomic E-state index is 10.9. The van der Waals surface area contributed by atoms with Crippen molar-refractivity contribution in [1.82, 2.24) is 4.57 Å². The van der Waals surface area contributed by atoms with Crippen molar-refractivity contribution in [3.05, 3.63) is 193 Å². The van der Waals surface area contributed by atoms with Crippen LogP contribution in [0.25, 0.3) is 43.5 Å². The zero-order valence-electron chi connectivity index (χ0n) is 26.1. The second kappa shape index (κ2) is 12.0. The minimum atomic E-state index is -3.14. The van der Waals surface area contributed by atoms with Crippen LogP contribution in [0, 0.1) is 17.9 Å². The molecule has 48 heavy (non-hydrogen) atoms. The van der Waals surface area contributed by atoms with Crippen molar-refractivity contribution in [1.29, 1.82) is 5.26 Å². The van der Waals surface area contributed by atoms with E-state index in [2.05, 4.69) is 167 Å². The van der Waals surface area contributed by atoms with Gasteiger partial charge in [-0.15, -0.1) is 0 Å². The van der Waals surface area contributed by atoms with Crippen LogP contribution in [0.15, 0.2) is 176 Å². The molecule has 0 spiro atoms. The molecule has 0 atom stereocenters. The lowest BCUT2D eigenvalue weighted by Gasteiger charge is -2.37. The summed E-state index contributed by atoms with van der Waals surface area (Å²) in [6, 6.07) is 63.5. The molecule has 7 aromatic carbocycles. The van der Waals surface area contributed by atoms with Crippen LogP contribution in [0.2, 0.25) is 0 Å². The second-order valence-electron chi connectivity index (χ2n) is 11.8. The van der Waals surface area contributed by atoms with E-state index >= 15 is 0 Å². The monoisotopic (exact) mass is 627 g/mol. The molecule has 0 amide bonds. The molecule has 224 valence electrons. The van der Waals surface area contributed by atoms with E-state index in [-0.39, 0.29) is 0 Å². The lowest BCUT2D eigenvalue weighted by atomic mass is 9.99. The fourth-order valence-electron chi connectivity index (χ4n) is 7.51. The Balaban J connectivity index is 1.58.